The molecule has 1 saturated heterocycles. The van der Waals surface area contributed by atoms with Crippen LogP contribution in [0.3, 0.4) is 0 Å². The largest absolute Gasteiger partial charge is 0.352 e. The number of hydrogen-bond donors (Lipinski definition) is 0. The van der Waals surface area contributed by atoms with Crippen molar-refractivity contribution in [2.24, 2.45) is 7.05 Å². The van der Waals surface area contributed by atoms with Crippen molar-refractivity contribution >= 4 is 29.0 Å². The lowest BCUT2D eigenvalue weighted by molar-refractivity contribution is -0.122. The van der Waals surface area contributed by atoms with Gasteiger partial charge in [0, 0.05) is 25.0 Å². The van der Waals surface area contributed by atoms with Crippen molar-refractivity contribution in [3.63, 3.8) is 0 Å². The van der Waals surface area contributed by atoms with E-state index in [1.165, 1.54) is 10.5 Å². The van der Waals surface area contributed by atoms with Gasteiger partial charge >= 0.3 is 0 Å². The van der Waals surface area contributed by atoms with Crippen LogP contribution >= 0.6 is 11.8 Å². The highest BCUT2D eigenvalue weighted by Crippen LogP contribution is 2.33. The Kier molecular flexibility index (Phi) is 5.13. The summed E-state index contributed by atoms with van der Waals surface area (Å²) in [5, 5.41) is -0.172. The zero-order valence-corrected chi connectivity index (χ0v) is 15.6. The Labute approximate surface area is 152 Å². The van der Waals surface area contributed by atoms with Crippen LogP contribution < -0.4 is 0 Å². The van der Waals surface area contributed by atoms with E-state index >= 15 is 0 Å². The number of carbonyl (C=O) groups is 2. The van der Waals surface area contributed by atoms with E-state index in [2.05, 4.69) is 16.7 Å². The number of amides is 2. The third-order valence-electron chi connectivity index (χ3n) is 4.66. The molecule has 3 rings (SSSR count). The van der Waals surface area contributed by atoms with E-state index in [1.807, 2.05) is 51.2 Å². The lowest BCUT2D eigenvalue weighted by atomic mass is 10.1. The van der Waals surface area contributed by atoms with Crippen LogP contribution in [0.4, 0.5) is 4.79 Å². The Morgan fingerprint density at radius 3 is 2.48 bits per heavy atom. The molecule has 5 heteroatoms. The lowest BCUT2D eigenvalue weighted by Gasteiger charge is -2.12. The second-order valence-electron chi connectivity index (χ2n) is 6.31. The summed E-state index contributed by atoms with van der Waals surface area (Å²) in [5.41, 5.74) is 4.44. The predicted octanol–water partition coefficient (Wildman–Crippen LogP) is 4.31. The summed E-state index contributed by atoms with van der Waals surface area (Å²) in [6.45, 7) is 4.51. The van der Waals surface area contributed by atoms with Crippen LogP contribution in [0.25, 0.3) is 6.08 Å². The maximum absolute atomic E-state index is 12.6. The summed E-state index contributed by atoms with van der Waals surface area (Å²) in [6.07, 6.45) is 3.47. The molecule has 2 amide bonds. The zero-order valence-electron chi connectivity index (χ0n) is 14.8. The maximum atomic E-state index is 12.6. The number of hydrogen-bond acceptors (Lipinski definition) is 3. The van der Waals surface area contributed by atoms with Crippen molar-refractivity contribution in [1.82, 2.24) is 9.47 Å². The first kappa shape index (κ1) is 17.5. The van der Waals surface area contributed by atoms with Crippen molar-refractivity contribution in [2.75, 3.05) is 6.54 Å². The van der Waals surface area contributed by atoms with Crippen molar-refractivity contribution in [3.8, 4) is 0 Å². The van der Waals surface area contributed by atoms with Gasteiger partial charge in [-0.05, 0) is 61.7 Å². The minimum Gasteiger partial charge on any atom is -0.352 e. The Morgan fingerprint density at radius 2 is 1.84 bits per heavy atom. The first-order chi connectivity index (χ1) is 12.0. The fourth-order valence-corrected chi connectivity index (χ4v) is 3.81. The molecule has 1 aliphatic heterocycles. The first-order valence-electron chi connectivity index (χ1n) is 8.39. The van der Waals surface area contributed by atoms with E-state index < -0.39 is 0 Å². The van der Waals surface area contributed by atoms with Crippen LogP contribution in [-0.4, -0.2) is 27.2 Å². The van der Waals surface area contributed by atoms with E-state index in [1.54, 1.807) is 0 Å². The number of aryl methyl sites for hydroxylation is 2. The van der Waals surface area contributed by atoms with E-state index in [0.29, 0.717) is 11.4 Å². The molecule has 2 heterocycles. The summed E-state index contributed by atoms with van der Waals surface area (Å²) in [7, 11) is 2.00. The zero-order chi connectivity index (χ0) is 18.0. The van der Waals surface area contributed by atoms with Gasteiger partial charge in [-0.3, -0.25) is 14.5 Å². The standard InChI is InChI=1S/C20H22N2O2S/c1-14-12-17(15(2)21(14)3)13-18-19(23)22(20(24)25-18)11-7-10-16-8-5-4-6-9-16/h4-6,8-9,12-13H,7,10-11H2,1-3H3. The van der Waals surface area contributed by atoms with E-state index in [9.17, 15) is 9.59 Å². The molecule has 0 radical (unpaired) electrons. The number of imide groups is 1. The fraction of sp³-hybridized carbons (Fsp3) is 0.300. The summed E-state index contributed by atoms with van der Waals surface area (Å²) < 4.78 is 2.08. The molecule has 0 N–H and O–H groups in total. The van der Waals surface area contributed by atoms with Crippen LogP contribution in [0.2, 0.25) is 0 Å². The molecule has 1 aromatic carbocycles. The summed E-state index contributed by atoms with van der Waals surface area (Å²) in [6, 6.07) is 12.2. The van der Waals surface area contributed by atoms with Crippen LogP contribution in [0.1, 0.15) is 28.9 Å². The molecule has 0 unspecified atom stereocenters. The van der Waals surface area contributed by atoms with Gasteiger partial charge in [-0.15, -0.1) is 0 Å². The van der Waals surface area contributed by atoms with Gasteiger partial charge in [0.1, 0.15) is 0 Å². The highest BCUT2D eigenvalue weighted by Gasteiger charge is 2.34. The third-order valence-corrected chi connectivity index (χ3v) is 5.57. The van der Waals surface area contributed by atoms with Crippen molar-refractivity contribution in [3.05, 3.63) is 63.8 Å². The number of nitrogens with zero attached hydrogens (tertiary/aromatic N) is 2. The van der Waals surface area contributed by atoms with Crippen molar-refractivity contribution < 1.29 is 9.59 Å². The van der Waals surface area contributed by atoms with Crippen LogP contribution in [0.15, 0.2) is 41.3 Å². The summed E-state index contributed by atoms with van der Waals surface area (Å²) in [5.74, 6) is -0.177. The molecule has 1 fully saturated rings. The quantitative estimate of drug-likeness (QED) is 0.751. The Bertz CT molecular complexity index is 837. The molecule has 130 valence electrons. The molecule has 25 heavy (non-hydrogen) atoms. The first-order valence-corrected chi connectivity index (χ1v) is 9.21. The minimum absolute atomic E-state index is 0.172. The van der Waals surface area contributed by atoms with Crippen LogP contribution in [0.5, 0.6) is 0 Å². The number of benzene rings is 1. The molecule has 0 spiro atoms. The third kappa shape index (κ3) is 3.71. The number of thioether (sulfide) groups is 1. The predicted molar refractivity (Wildman–Crippen MR) is 102 cm³/mol. The van der Waals surface area contributed by atoms with Crippen molar-refractivity contribution in [2.45, 2.75) is 26.7 Å². The van der Waals surface area contributed by atoms with Gasteiger partial charge in [-0.1, -0.05) is 30.3 Å². The average molecular weight is 354 g/mol. The topological polar surface area (TPSA) is 42.3 Å². The van der Waals surface area contributed by atoms with Gasteiger partial charge in [-0.2, -0.15) is 0 Å². The summed E-state index contributed by atoms with van der Waals surface area (Å²) in [4.78, 5) is 26.7. The number of aromatic nitrogens is 1. The maximum Gasteiger partial charge on any atom is 0.293 e. The SMILES string of the molecule is Cc1cc(C=C2SC(=O)N(CCCc3ccccc3)C2=O)c(C)n1C. The molecule has 0 aliphatic carbocycles. The highest BCUT2D eigenvalue weighted by atomic mass is 32.2. The second kappa shape index (κ2) is 7.31. The Morgan fingerprint density at radius 1 is 1.12 bits per heavy atom. The highest BCUT2D eigenvalue weighted by molar-refractivity contribution is 8.18. The molecule has 0 bridgehead atoms. The normalized spacial score (nSPS) is 16.3. The van der Waals surface area contributed by atoms with Gasteiger partial charge in [0.2, 0.25) is 0 Å². The molecule has 1 aliphatic rings. The summed E-state index contributed by atoms with van der Waals surface area (Å²) >= 11 is 1.04. The van der Waals surface area contributed by atoms with E-state index in [0.717, 1.165) is 41.6 Å². The molecule has 4 nitrogen and oxygen atoms in total. The second-order valence-corrected chi connectivity index (χ2v) is 7.30. The number of carbonyl (C=O) groups excluding carboxylic acids is 2. The van der Waals surface area contributed by atoms with Gasteiger partial charge in [-0.25, -0.2) is 0 Å². The smallest absolute Gasteiger partial charge is 0.293 e. The van der Waals surface area contributed by atoms with Gasteiger partial charge in [0.05, 0.1) is 4.91 Å². The van der Waals surface area contributed by atoms with E-state index in [-0.39, 0.29) is 11.1 Å². The van der Waals surface area contributed by atoms with Gasteiger partial charge in [0.25, 0.3) is 11.1 Å². The average Bonchev–Trinajstić information content (AvgIpc) is 3.00. The molecular weight excluding hydrogens is 332 g/mol. The number of rotatable bonds is 5. The van der Waals surface area contributed by atoms with Gasteiger partial charge in [0.15, 0.2) is 0 Å². The van der Waals surface area contributed by atoms with Gasteiger partial charge < -0.3 is 4.57 Å². The molecular formula is C20H22N2O2S. The lowest BCUT2D eigenvalue weighted by Crippen LogP contribution is -2.29. The Balaban J connectivity index is 1.67. The van der Waals surface area contributed by atoms with Crippen LogP contribution in [0, 0.1) is 13.8 Å². The molecule has 2 aromatic rings. The molecule has 1 aromatic heterocycles. The Hall–Kier alpha value is -2.27. The molecule has 0 saturated carbocycles. The monoisotopic (exact) mass is 354 g/mol. The van der Waals surface area contributed by atoms with Crippen LogP contribution in [-0.2, 0) is 18.3 Å². The van der Waals surface area contributed by atoms with Crippen molar-refractivity contribution in [1.29, 1.82) is 0 Å². The fourth-order valence-electron chi connectivity index (χ4n) is 2.95. The van der Waals surface area contributed by atoms with E-state index in [4.69, 9.17) is 0 Å². The molecule has 0 atom stereocenters. The minimum atomic E-state index is -0.177.